The van der Waals surface area contributed by atoms with Crippen LogP contribution in [0.25, 0.3) is 0 Å². The van der Waals surface area contributed by atoms with Crippen molar-refractivity contribution in [3.63, 3.8) is 0 Å². The number of nitrogens with zero attached hydrogens (tertiary/aromatic N) is 2. The third kappa shape index (κ3) is 4.50. The van der Waals surface area contributed by atoms with E-state index in [1.165, 1.54) is 24.3 Å². The van der Waals surface area contributed by atoms with Crippen molar-refractivity contribution in [1.29, 1.82) is 0 Å². The molecule has 2 aromatic carbocycles. The van der Waals surface area contributed by atoms with Gasteiger partial charge in [-0.3, -0.25) is 19.7 Å². The molecule has 0 bridgehead atoms. The highest BCUT2D eigenvalue weighted by molar-refractivity contribution is 5.97. The molecule has 28 heavy (non-hydrogen) atoms. The van der Waals surface area contributed by atoms with E-state index in [2.05, 4.69) is 5.32 Å². The Balaban J connectivity index is 1.50. The van der Waals surface area contributed by atoms with Gasteiger partial charge in [-0.05, 0) is 42.8 Å². The highest BCUT2D eigenvalue weighted by atomic mass is 16.6. The number of hydrogen-bond acceptors (Lipinski definition) is 6. The Labute approximate surface area is 160 Å². The van der Waals surface area contributed by atoms with E-state index in [9.17, 15) is 24.5 Å². The maximum atomic E-state index is 11.9. The second kappa shape index (κ2) is 8.30. The number of amides is 2. The quantitative estimate of drug-likeness (QED) is 0.465. The largest absolute Gasteiger partial charge is 0.452 e. The lowest BCUT2D eigenvalue weighted by Crippen LogP contribution is -2.23. The maximum absolute atomic E-state index is 11.9. The minimum atomic E-state index is -0.757. The molecule has 2 amide bonds. The number of rotatable bonds is 6. The Morgan fingerprint density at radius 3 is 2.36 bits per heavy atom. The van der Waals surface area contributed by atoms with Crippen LogP contribution in [0, 0.1) is 10.1 Å². The zero-order valence-electron chi connectivity index (χ0n) is 14.8. The van der Waals surface area contributed by atoms with Crippen LogP contribution in [0.5, 0.6) is 0 Å². The summed E-state index contributed by atoms with van der Waals surface area (Å²) in [7, 11) is 0. The smallest absolute Gasteiger partial charge is 0.338 e. The van der Waals surface area contributed by atoms with E-state index in [0.717, 1.165) is 12.1 Å². The molecule has 0 saturated carbocycles. The van der Waals surface area contributed by atoms with Crippen molar-refractivity contribution in [3.8, 4) is 0 Å². The van der Waals surface area contributed by atoms with E-state index in [0.29, 0.717) is 18.7 Å². The molecular weight excluding hydrogens is 366 g/mol. The van der Waals surface area contributed by atoms with Gasteiger partial charge in [0.2, 0.25) is 5.91 Å². The monoisotopic (exact) mass is 383 g/mol. The Hall–Kier alpha value is -3.75. The van der Waals surface area contributed by atoms with Crippen LogP contribution in [0.3, 0.4) is 0 Å². The summed E-state index contributed by atoms with van der Waals surface area (Å²) in [5.74, 6) is -1.21. The van der Waals surface area contributed by atoms with Gasteiger partial charge >= 0.3 is 5.97 Å². The van der Waals surface area contributed by atoms with Crippen LogP contribution in [0.15, 0.2) is 48.5 Å². The van der Waals surface area contributed by atoms with Gasteiger partial charge in [-0.2, -0.15) is 0 Å². The number of carbonyl (C=O) groups excluding carboxylic acids is 3. The average molecular weight is 383 g/mol. The SMILES string of the molecule is O=C(COC(=O)c1ccc([N+](=O)[O-])cc1)Nc1ccc(N2CCCC2=O)cc1. The first-order valence-electron chi connectivity index (χ1n) is 8.56. The van der Waals surface area contributed by atoms with Crippen LogP contribution in [-0.2, 0) is 14.3 Å². The number of anilines is 2. The van der Waals surface area contributed by atoms with Gasteiger partial charge in [-0.15, -0.1) is 0 Å². The van der Waals surface area contributed by atoms with Gasteiger partial charge in [0.05, 0.1) is 10.5 Å². The average Bonchev–Trinajstić information content (AvgIpc) is 3.12. The van der Waals surface area contributed by atoms with Crippen molar-refractivity contribution in [2.45, 2.75) is 12.8 Å². The molecule has 1 N–H and O–H groups in total. The summed E-state index contributed by atoms with van der Waals surface area (Å²) in [6, 6.07) is 11.7. The van der Waals surface area contributed by atoms with Crippen LogP contribution in [-0.4, -0.2) is 35.9 Å². The molecule has 3 rings (SSSR count). The lowest BCUT2D eigenvalue weighted by molar-refractivity contribution is -0.384. The van der Waals surface area contributed by atoms with Gasteiger partial charge in [0.1, 0.15) is 0 Å². The molecule has 0 atom stereocenters. The van der Waals surface area contributed by atoms with Gasteiger partial charge in [0.25, 0.3) is 11.6 Å². The third-order valence-electron chi connectivity index (χ3n) is 4.18. The van der Waals surface area contributed by atoms with Crippen molar-refractivity contribution in [1.82, 2.24) is 0 Å². The predicted molar refractivity (Wildman–Crippen MR) is 100 cm³/mol. The Kier molecular flexibility index (Phi) is 5.64. The summed E-state index contributed by atoms with van der Waals surface area (Å²) in [5.41, 5.74) is 1.24. The molecule has 144 valence electrons. The molecule has 0 spiro atoms. The summed E-state index contributed by atoms with van der Waals surface area (Å²) in [4.78, 5) is 47.3. The zero-order valence-corrected chi connectivity index (χ0v) is 14.8. The van der Waals surface area contributed by atoms with Gasteiger partial charge in [-0.1, -0.05) is 0 Å². The first kappa shape index (κ1) is 19.0. The molecule has 0 radical (unpaired) electrons. The topological polar surface area (TPSA) is 119 Å². The summed E-state index contributed by atoms with van der Waals surface area (Å²) >= 11 is 0. The van der Waals surface area contributed by atoms with Crippen molar-refractivity contribution >= 4 is 34.8 Å². The van der Waals surface area contributed by atoms with Crippen molar-refractivity contribution in [2.24, 2.45) is 0 Å². The number of benzene rings is 2. The molecule has 1 saturated heterocycles. The van der Waals surface area contributed by atoms with Crippen LogP contribution < -0.4 is 10.2 Å². The Morgan fingerprint density at radius 2 is 1.79 bits per heavy atom. The van der Waals surface area contributed by atoms with Crippen molar-refractivity contribution in [2.75, 3.05) is 23.4 Å². The second-order valence-electron chi connectivity index (χ2n) is 6.12. The number of nitrogens with one attached hydrogen (secondary N) is 1. The zero-order chi connectivity index (χ0) is 20.1. The first-order valence-corrected chi connectivity index (χ1v) is 8.56. The minimum absolute atomic E-state index is 0.0787. The summed E-state index contributed by atoms with van der Waals surface area (Å²) < 4.78 is 4.91. The number of nitro groups is 1. The van der Waals surface area contributed by atoms with E-state index >= 15 is 0 Å². The highest BCUT2D eigenvalue weighted by Gasteiger charge is 2.21. The molecule has 1 aliphatic heterocycles. The lowest BCUT2D eigenvalue weighted by atomic mass is 10.2. The van der Waals surface area contributed by atoms with E-state index in [1.54, 1.807) is 29.2 Å². The normalized spacial score (nSPS) is 13.3. The van der Waals surface area contributed by atoms with E-state index in [4.69, 9.17) is 4.74 Å². The molecule has 9 heteroatoms. The standard InChI is InChI=1S/C19H17N3O6/c23-17(12-28-19(25)13-3-7-16(8-4-13)22(26)27)20-14-5-9-15(10-6-14)21-11-1-2-18(21)24/h3-10H,1-2,11-12H2,(H,20,23). The molecule has 0 aromatic heterocycles. The molecule has 2 aromatic rings. The molecule has 0 unspecified atom stereocenters. The lowest BCUT2D eigenvalue weighted by Gasteiger charge is -2.16. The number of carbonyl (C=O) groups is 3. The van der Waals surface area contributed by atoms with Gasteiger partial charge < -0.3 is 15.0 Å². The maximum Gasteiger partial charge on any atom is 0.338 e. The van der Waals surface area contributed by atoms with Crippen molar-refractivity contribution in [3.05, 3.63) is 64.2 Å². The van der Waals surface area contributed by atoms with E-state index < -0.39 is 23.4 Å². The molecule has 1 heterocycles. The van der Waals surface area contributed by atoms with E-state index in [-0.39, 0.29) is 17.2 Å². The summed E-state index contributed by atoms with van der Waals surface area (Å²) in [6.45, 7) is 0.186. The Bertz CT molecular complexity index is 908. The predicted octanol–water partition coefficient (Wildman–Crippen LogP) is 2.52. The first-order chi connectivity index (χ1) is 13.4. The number of nitro benzene ring substituents is 1. The van der Waals surface area contributed by atoms with Crippen LogP contribution >= 0.6 is 0 Å². The molecular formula is C19H17N3O6. The fourth-order valence-electron chi connectivity index (χ4n) is 2.78. The summed E-state index contributed by atoms with van der Waals surface area (Å²) in [6.07, 6.45) is 1.37. The molecule has 1 aliphatic rings. The highest BCUT2D eigenvalue weighted by Crippen LogP contribution is 2.23. The minimum Gasteiger partial charge on any atom is -0.452 e. The van der Waals surface area contributed by atoms with Gasteiger partial charge in [0, 0.05) is 36.5 Å². The molecule has 0 aliphatic carbocycles. The van der Waals surface area contributed by atoms with Crippen LogP contribution in [0.1, 0.15) is 23.2 Å². The van der Waals surface area contributed by atoms with Crippen LogP contribution in [0.4, 0.5) is 17.1 Å². The number of hydrogen-bond donors (Lipinski definition) is 1. The number of non-ortho nitro benzene ring substituents is 1. The Morgan fingerprint density at radius 1 is 1.11 bits per heavy atom. The second-order valence-corrected chi connectivity index (χ2v) is 6.12. The fourth-order valence-corrected chi connectivity index (χ4v) is 2.78. The number of ether oxygens (including phenoxy) is 1. The van der Waals surface area contributed by atoms with Gasteiger partial charge in [0.15, 0.2) is 6.61 Å². The van der Waals surface area contributed by atoms with E-state index in [1.807, 2.05) is 0 Å². The molecule has 1 fully saturated rings. The summed E-state index contributed by atoms with van der Waals surface area (Å²) in [5, 5.41) is 13.2. The van der Waals surface area contributed by atoms with Crippen LogP contribution in [0.2, 0.25) is 0 Å². The fraction of sp³-hybridized carbons (Fsp3) is 0.211. The van der Waals surface area contributed by atoms with Crippen molar-refractivity contribution < 1.29 is 24.0 Å². The van der Waals surface area contributed by atoms with Gasteiger partial charge in [-0.25, -0.2) is 4.79 Å². The third-order valence-corrected chi connectivity index (χ3v) is 4.18. The number of esters is 1. The molecule has 9 nitrogen and oxygen atoms in total.